The Morgan fingerprint density at radius 3 is 2.89 bits per heavy atom. The summed E-state index contributed by atoms with van der Waals surface area (Å²) in [7, 11) is 1.66. The van der Waals surface area contributed by atoms with Crippen LogP contribution in [0.4, 0.5) is 0 Å². The number of nitrogens with zero attached hydrogens (tertiary/aromatic N) is 3. The molecule has 0 aliphatic heterocycles. The molecule has 0 aliphatic carbocycles. The molecule has 0 bridgehead atoms. The van der Waals surface area contributed by atoms with E-state index in [1.807, 2.05) is 32.2 Å². The second kappa shape index (κ2) is 5.84. The maximum atomic E-state index is 5.83. The van der Waals surface area contributed by atoms with Gasteiger partial charge in [0.05, 0.1) is 19.3 Å². The van der Waals surface area contributed by atoms with Gasteiger partial charge < -0.3 is 15.0 Å². The van der Waals surface area contributed by atoms with Gasteiger partial charge in [0.15, 0.2) is 0 Å². The average Bonchev–Trinajstić information content (AvgIpc) is 2.75. The zero-order valence-corrected chi connectivity index (χ0v) is 11.6. The normalized spacial score (nSPS) is 12.4. The first-order chi connectivity index (χ1) is 9.08. The van der Waals surface area contributed by atoms with Crippen molar-refractivity contribution in [3.8, 4) is 5.75 Å². The topological polar surface area (TPSA) is 66.0 Å². The van der Waals surface area contributed by atoms with Gasteiger partial charge in [0, 0.05) is 42.7 Å². The van der Waals surface area contributed by atoms with Crippen LogP contribution in [0.15, 0.2) is 24.5 Å². The zero-order chi connectivity index (χ0) is 13.8. The Bertz CT molecular complexity index is 548. The predicted octanol–water partition coefficient (Wildman–Crippen LogP) is 1.53. The van der Waals surface area contributed by atoms with Gasteiger partial charge >= 0.3 is 0 Å². The Kier molecular flexibility index (Phi) is 4.16. The highest BCUT2D eigenvalue weighted by atomic mass is 16.5. The van der Waals surface area contributed by atoms with Crippen molar-refractivity contribution in [1.82, 2.24) is 14.5 Å². The summed E-state index contributed by atoms with van der Waals surface area (Å²) in [6.07, 6.45) is 4.51. The van der Waals surface area contributed by atoms with Gasteiger partial charge in [0.25, 0.3) is 0 Å². The fourth-order valence-corrected chi connectivity index (χ4v) is 2.04. The lowest BCUT2D eigenvalue weighted by Crippen LogP contribution is -2.21. The Morgan fingerprint density at radius 1 is 1.42 bits per heavy atom. The van der Waals surface area contributed by atoms with Crippen LogP contribution in [-0.4, -0.2) is 27.7 Å². The Hall–Kier alpha value is -1.88. The molecule has 5 heteroatoms. The van der Waals surface area contributed by atoms with Gasteiger partial charge in [-0.2, -0.15) is 0 Å². The lowest BCUT2D eigenvalue weighted by molar-refractivity contribution is 0.412. The molecule has 2 aromatic rings. The first kappa shape index (κ1) is 13.5. The monoisotopic (exact) mass is 260 g/mol. The number of pyridine rings is 1. The summed E-state index contributed by atoms with van der Waals surface area (Å²) in [6, 6.07) is 3.96. The van der Waals surface area contributed by atoms with Crippen molar-refractivity contribution < 1.29 is 4.74 Å². The van der Waals surface area contributed by atoms with Gasteiger partial charge in [0.1, 0.15) is 11.6 Å². The number of hydrogen-bond acceptors (Lipinski definition) is 4. The number of ether oxygens (including phenoxy) is 1. The highest BCUT2D eigenvalue weighted by Gasteiger charge is 2.08. The molecule has 1 atom stereocenters. The number of imidazole rings is 1. The molecule has 2 rings (SSSR count). The van der Waals surface area contributed by atoms with E-state index in [2.05, 4.69) is 14.5 Å². The first-order valence-electron chi connectivity index (χ1n) is 6.35. The van der Waals surface area contributed by atoms with Gasteiger partial charge in [-0.05, 0) is 13.8 Å². The van der Waals surface area contributed by atoms with Crippen LogP contribution in [0.3, 0.4) is 0 Å². The molecule has 0 radical (unpaired) electrons. The molecule has 0 amide bonds. The second-order valence-electron chi connectivity index (χ2n) is 4.79. The summed E-state index contributed by atoms with van der Waals surface area (Å²) in [5.74, 6) is 1.81. The van der Waals surface area contributed by atoms with E-state index >= 15 is 0 Å². The summed E-state index contributed by atoms with van der Waals surface area (Å²) >= 11 is 0. The van der Waals surface area contributed by atoms with Crippen LogP contribution in [-0.2, 0) is 13.0 Å². The predicted molar refractivity (Wildman–Crippen MR) is 74.2 cm³/mol. The van der Waals surface area contributed by atoms with Gasteiger partial charge in [-0.25, -0.2) is 4.98 Å². The fraction of sp³-hybridized carbons (Fsp3) is 0.429. The lowest BCUT2D eigenvalue weighted by atomic mass is 10.2. The molecule has 1 unspecified atom stereocenters. The number of rotatable bonds is 5. The minimum Gasteiger partial charge on any atom is -0.497 e. The first-order valence-corrected chi connectivity index (χ1v) is 6.35. The summed E-state index contributed by atoms with van der Waals surface area (Å²) in [5, 5.41) is 0. The van der Waals surface area contributed by atoms with E-state index in [-0.39, 0.29) is 6.04 Å². The van der Waals surface area contributed by atoms with Crippen LogP contribution >= 0.6 is 0 Å². The molecular weight excluding hydrogens is 240 g/mol. The van der Waals surface area contributed by atoms with Gasteiger partial charge in [0.2, 0.25) is 0 Å². The largest absolute Gasteiger partial charge is 0.497 e. The van der Waals surface area contributed by atoms with E-state index in [1.54, 1.807) is 13.3 Å². The number of hydrogen-bond donors (Lipinski definition) is 1. The quantitative estimate of drug-likeness (QED) is 0.885. The SMILES string of the molecule is COc1cc(C)nc(Cn2ccnc2CC(C)N)c1. The average molecular weight is 260 g/mol. The molecule has 0 aromatic carbocycles. The van der Waals surface area contributed by atoms with Crippen LogP contribution in [0.5, 0.6) is 5.75 Å². The van der Waals surface area contributed by atoms with E-state index < -0.39 is 0 Å². The van der Waals surface area contributed by atoms with Crippen molar-refractivity contribution in [2.45, 2.75) is 32.9 Å². The van der Waals surface area contributed by atoms with Crippen LogP contribution in [0.1, 0.15) is 24.1 Å². The van der Waals surface area contributed by atoms with Crippen LogP contribution < -0.4 is 10.5 Å². The van der Waals surface area contributed by atoms with Crippen molar-refractivity contribution in [2.75, 3.05) is 7.11 Å². The van der Waals surface area contributed by atoms with Crippen LogP contribution in [0, 0.1) is 6.92 Å². The lowest BCUT2D eigenvalue weighted by Gasteiger charge is -2.11. The highest BCUT2D eigenvalue weighted by molar-refractivity contribution is 5.27. The Labute approximate surface area is 113 Å². The summed E-state index contributed by atoms with van der Waals surface area (Å²) in [4.78, 5) is 8.86. The van der Waals surface area contributed by atoms with Crippen molar-refractivity contribution in [3.63, 3.8) is 0 Å². The highest BCUT2D eigenvalue weighted by Crippen LogP contribution is 2.15. The Morgan fingerprint density at radius 2 is 2.21 bits per heavy atom. The summed E-state index contributed by atoms with van der Waals surface area (Å²) in [6.45, 7) is 4.62. The van der Waals surface area contributed by atoms with Gasteiger partial charge in [-0.15, -0.1) is 0 Å². The van der Waals surface area contributed by atoms with E-state index in [1.165, 1.54) is 0 Å². The molecule has 0 spiro atoms. The van der Waals surface area contributed by atoms with Gasteiger partial charge in [-0.1, -0.05) is 0 Å². The maximum Gasteiger partial charge on any atom is 0.122 e. The van der Waals surface area contributed by atoms with Crippen molar-refractivity contribution in [1.29, 1.82) is 0 Å². The minimum absolute atomic E-state index is 0.0983. The number of aryl methyl sites for hydroxylation is 1. The smallest absolute Gasteiger partial charge is 0.122 e. The van der Waals surface area contributed by atoms with Crippen LogP contribution in [0.25, 0.3) is 0 Å². The molecule has 2 N–H and O–H groups in total. The van der Waals surface area contributed by atoms with Crippen LogP contribution in [0.2, 0.25) is 0 Å². The van der Waals surface area contributed by atoms with E-state index in [0.717, 1.165) is 29.4 Å². The minimum atomic E-state index is 0.0983. The third-order valence-electron chi connectivity index (χ3n) is 2.85. The van der Waals surface area contributed by atoms with Crippen molar-refractivity contribution in [3.05, 3.63) is 41.7 Å². The number of aromatic nitrogens is 3. The molecule has 0 saturated carbocycles. The number of nitrogens with two attached hydrogens (primary N) is 1. The standard InChI is InChI=1S/C14H20N4O/c1-10(15)6-14-16-4-5-18(14)9-12-8-13(19-3)7-11(2)17-12/h4-5,7-8,10H,6,9,15H2,1-3H3. The van der Waals surface area contributed by atoms with Crippen molar-refractivity contribution in [2.24, 2.45) is 5.73 Å². The summed E-state index contributed by atoms with van der Waals surface area (Å²) < 4.78 is 7.34. The zero-order valence-electron chi connectivity index (χ0n) is 11.6. The second-order valence-corrected chi connectivity index (χ2v) is 4.79. The molecule has 5 nitrogen and oxygen atoms in total. The molecule has 19 heavy (non-hydrogen) atoms. The molecule has 2 aromatic heterocycles. The Balaban J connectivity index is 2.21. The molecule has 0 aliphatic rings. The van der Waals surface area contributed by atoms with E-state index in [4.69, 9.17) is 10.5 Å². The molecule has 102 valence electrons. The van der Waals surface area contributed by atoms with E-state index in [9.17, 15) is 0 Å². The van der Waals surface area contributed by atoms with Gasteiger partial charge in [-0.3, -0.25) is 4.98 Å². The molecular formula is C14H20N4O. The molecule has 0 saturated heterocycles. The fourth-order valence-electron chi connectivity index (χ4n) is 2.04. The molecule has 2 heterocycles. The third kappa shape index (κ3) is 3.54. The van der Waals surface area contributed by atoms with Crippen molar-refractivity contribution >= 4 is 0 Å². The third-order valence-corrected chi connectivity index (χ3v) is 2.85. The number of methoxy groups -OCH3 is 1. The maximum absolute atomic E-state index is 5.83. The summed E-state index contributed by atoms with van der Waals surface area (Å²) in [5.41, 5.74) is 7.73. The van der Waals surface area contributed by atoms with E-state index in [0.29, 0.717) is 6.54 Å². The molecule has 0 fully saturated rings.